The predicted molar refractivity (Wildman–Crippen MR) is 73.1 cm³/mol. The second-order valence-electron chi connectivity index (χ2n) is 5.63. The molecule has 1 saturated heterocycles. The highest BCUT2D eigenvalue weighted by Gasteiger charge is 2.41. The van der Waals surface area contributed by atoms with Crippen molar-refractivity contribution in [2.45, 2.75) is 38.0 Å². The highest BCUT2D eigenvalue weighted by atomic mass is 16.1. The Morgan fingerprint density at radius 1 is 1.53 bits per heavy atom. The lowest BCUT2D eigenvalue weighted by Gasteiger charge is -2.37. The standard InChI is InChI=1S/C13H21N5O/c1-8-15-11-4-3-10(5-12(11)16-8)18-13(14)9(7-19)6-17(18)2/h5,7,9-11,13H,3-4,6,14H2,1-2H3,(H,15,16). The highest BCUT2D eigenvalue weighted by Crippen LogP contribution is 2.30. The lowest BCUT2D eigenvalue weighted by molar-refractivity contribution is -0.111. The van der Waals surface area contributed by atoms with Gasteiger partial charge in [0.15, 0.2) is 0 Å². The fourth-order valence-corrected chi connectivity index (χ4v) is 3.36. The van der Waals surface area contributed by atoms with Gasteiger partial charge in [-0.15, -0.1) is 0 Å². The number of fused-ring (bicyclic) bond motifs is 1. The minimum atomic E-state index is -0.218. The van der Waals surface area contributed by atoms with Gasteiger partial charge < -0.3 is 15.8 Å². The Bertz CT molecular complexity index is 446. The smallest absolute Gasteiger partial charge is 0.127 e. The van der Waals surface area contributed by atoms with Crippen LogP contribution in [0.15, 0.2) is 16.8 Å². The minimum Gasteiger partial charge on any atom is -0.346 e. The molecule has 0 bridgehead atoms. The molecule has 4 atom stereocenters. The predicted octanol–water partition coefficient (Wildman–Crippen LogP) is -0.315. The van der Waals surface area contributed by atoms with E-state index in [0.717, 1.165) is 25.0 Å². The summed E-state index contributed by atoms with van der Waals surface area (Å²) in [7, 11) is 2.00. The van der Waals surface area contributed by atoms with Gasteiger partial charge in [0.2, 0.25) is 0 Å². The Morgan fingerprint density at radius 3 is 3.00 bits per heavy atom. The number of carbonyl (C=O) groups excluding carboxylic acids is 1. The first-order valence-electron chi connectivity index (χ1n) is 6.83. The van der Waals surface area contributed by atoms with Crippen LogP contribution in [-0.2, 0) is 4.79 Å². The maximum atomic E-state index is 11.0. The molecule has 2 aliphatic heterocycles. The van der Waals surface area contributed by atoms with Crippen molar-refractivity contribution in [2.75, 3.05) is 13.6 Å². The summed E-state index contributed by atoms with van der Waals surface area (Å²) in [6.45, 7) is 2.70. The van der Waals surface area contributed by atoms with Gasteiger partial charge in [-0.3, -0.25) is 4.99 Å². The first kappa shape index (κ1) is 12.8. The molecule has 6 nitrogen and oxygen atoms in total. The molecule has 104 valence electrons. The topological polar surface area (TPSA) is 74.0 Å². The number of nitrogens with one attached hydrogen (secondary N) is 1. The lowest BCUT2D eigenvalue weighted by atomic mass is 9.95. The zero-order valence-corrected chi connectivity index (χ0v) is 11.4. The molecule has 2 heterocycles. The molecule has 3 aliphatic rings. The van der Waals surface area contributed by atoms with E-state index in [1.54, 1.807) is 0 Å². The third-order valence-electron chi connectivity index (χ3n) is 4.27. The number of nitrogens with two attached hydrogens (primary N) is 1. The van der Waals surface area contributed by atoms with Crippen LogP contribution in [0.2, 0.25) is 0 Å². The molecule has 0 spiro atoms. The molecule has 0 aromatic carbocycles. The monoisotopic (exact) mass is 263 g/mol. The summed E-state index contributed by atoms with van der Waals surface area (Å²) in [5, 5.41) is 7.53. The van der Waals surface area contributed by atoms with Gasteiger partial charge >= 0.3 is 0 Å². The summed E-state index contributed by atoms with van der Waals surface area (Å²) in [6.07, 6.45) is 5.03. The number of hydrazine groups is 1. The first-order valence-corrected chi connectivity index (χ1v) is 6.83. The number of amidine groups is 1. The SMILES string of the molecule is CC1=NC2CCC(N3C(N)C(C=O)CN3C)C=C2N1. The summed E-state index contributed by atoms with van der Waals surface area (Å²) in [6, 6.07) is 0.548. The van der Waals surface area contributed by atoms with Crippen molar-refractivity contribution < 1.29 is 4.79 Å². The Balaban J connectivity index is 1.79. The van der Waals surface area contributed by atoms with E-state index in [-0.39, 0.29) is 18.1 Å². The molecule has 0 amide bonds. The molecule has 0 saturated carbocycles. The van der Waals surface area contributed by atoms with Gasteiger partial charge in [0.05, 0.1) is 24.0 Å². The summed E-state index contributed by atoms with van der Waals surface area (Å²) in [5.74, 6) is 0.886. The number of carbonyl (C=O) groups is 1. The van der Waals surface area contributed by atoms with Gasteiger partial charge in [0.25, 0.3) is 0 Å². The van der Waals surface area contributed by atoms with Gasteiger partial charge in [-0.25, -0.2) is 10.0 Å². The summed E-state index contributed by atoms with van der Waals surface area (Å²) in [5.41, 5.74) is 7.38. The average Bonchev–Trinajstić information content (AvgIpc) is 2.87. The van der Waals surface area contributed by atoms with E-state index in [9.17, 15) is 4.79 Å². The van der Waals surface area contributed by atoms with Gasteiger partial charge in [0, 0.05) is 25.3 Å². The molecule has 3 N–H and O–H groups in total. The van der Waals surface area contributed by atoms with Crippen LogP contribution in [0, 0.1) is 5.92 Å². The molecule has 0 radical (unpaired) electrons. The van der Waals surface area contributed by atoms with Crippen LogP contribution in [0.3, 0.4) is 0 Å². The van der Waals surface area contributed by atoms with Crippen molar-refractivity contribution in [2.24, 2.45) is 16.6 Å². The largest absolute Gasteiger partial charge is 0.346 e. The molecule has 19 heavy (non-hydrogen) atoms. The van der Waals surface area contributed by atoms with E-state index in [0.29, 0.717) is 12.6 Å². The summed E-state index contributed by atoms with van der Waals surface area (Å²) in [4.78, 5) is 15.6. The van der Waals surface area contributed by atoms with Crippen molar-refractivity contribution >= 4 is 12.1 Å². The second-order valence-corrected chi connectivity index (χ2v) is 5.63. The van der Waals surface area contributed by atoms with Crippen LogP contribution in [0.25, 0.3) is 0 Å². The number of nitrogens with zero attached hydrogens (tertiary/aromatic N) is 3. The maximum Gasteiger partial charge on any atom is 0.127 e. The minimum absolute atomic E-state index is 0.101. The van der Waals surface area contributed by atoms with Crippen LogP contribution in [0.1, 0.15) is 19.8 Å². The fourth-order valence-electron chi connectivity index (χ4n) is 3.36. The number of hydrogen-bond acceptors (Lipinski definition) is 6. The second kappa shape index (κ2) is 4.70. The molecular formula is C13H21N5O. The number of aldehydes is 1. The number of rotatable bonds is 2. The molecule has 3 rings (SSSR count). The van der Waals surface area contributed by atoms with E-state index in [4.69, 9.17) is 5.73 Å². The molecular weight excluding hydrogens is 242 g/mol. The average molecular weight is 263 g/mol. The fraction of sp³-hybridized carbons (Fsp3) is 0.692. The molecule has 1 fully saturated rings. The van der Waals surface area contributed by atoms with Crippen molar-refractivity contribution in [3.05, 3.63) is 11.8 Å². The highest BCUT2D eigenvalue weighted by molar-refractivity contribution is 5.84. The van der Waals surface area contributed by atoms with Crippen molar-refractivity contribution in [3.63, 3.8) is 0 Å². The van der Waals surface area contributed by atoms with Crippen molar-refractivity contribution in [3.8, 4) is 0 Å². The van der Waals surface area contributed by atoms with E-state index in [1.165, 1.54) is 5.70 Å². The van der Waals surface area contributed by atoms with Crippen LogP contribution < -0.4 is 11.1 Å². The van der Waals surface area contributed by atoms with Gasteiger partial charge in [-0.2, -0.15) is 0 Å². The van der Waals surface area contributed by atoms with E-state index in [1.807, 2.05) is 14.0 Å². The van der Waals surface area contributed by atoms with Crippen LogP contribution >= 0.6 is 0 Å². The Hall–Kier alpha value is -1.24. The summed E-state index contributed by atoms with van der Waals surface area (Å²) < 4.78 is 0. The molecule has 1 aliphatic carbocycles. The molecule has 6 heteroatoms. The van der Waals surface area contributed by atoms with Gasteiger partial charge in [-0.1, -0.05) is 0 Å². The third-order valence-corrected chi connectivity index (χ3v) is 4.27. The number of hydrogen-bond donors (Lipinski definition) is 2. The zero-order valence-electron chi connectivity index (χ0n) is 11.4. The van der Waals surface area contributed by atoms with E-state index in [2.05, 4.69) is 26.4 Å². The quantitative estimate of drug-likeness (QED) is 0.668. The Labute approximate surface area is 113 Å². The summed E-state index contributed by atoms with van der Waals surface area (Å²) >= 11 is 0. The number of aliphatic imine (C=N–C) groups is 1. The van der Waals surface area contributed by atoms with Gasteiger partial charge in [-0.05, 0) is 25.8 Å². The Morgan fingerprint density at radius 2 is 2.32 bits per heavy atom. The van der Waals surface area contributed by atoms with Crippen molar-refractivity contribution in [1.29, 1.82) is 0 Å². The van der Waals surface area contributed by atoms with Gasteiger partial charge in [0.1, 0.15) is 6.29 Å². The zero-order chi connectivity index (χ0) is 13.6. The molecule has 0 aromatic rings. The van der Waals surface area contributed by atoms with E-state index >= 15 is 0 Å². The van der Waals surface area contributed by atoms with E-state index < -0.39 is 0 Å². The lowest BCUT2D eigenvalue weighted by Crippen LogP contribution is -2.51. The maximum absolute atomic E-state index is 11.0. The van der Waals surface area contributed by atoms with Crippen LogP contribution in [0.5, 0.6) is 0 Å². The van der Waals surface area contributed by atoms with Crippen molar-refractivity contribution in [1.82, 2.24) is 15.3 Å². The Kier molecular flexibility index (Phi) is 3.16. The first-order chi connectivity index (χ1) is 9.10. The normalized spacial score (nSPS) is 39.5. The van der Waals surface area contributed by atoms with Crippen LogP contribution in [0.4, 0.5) is 0 Å². The third kappa shape index (κ3) is 2.09. The van der Waals surface area contributed by atoms with Crippen LogP contribution in [-0.4, -0.2) is 54.0 Å². The molecule has 0 aromatic heterocycles. The molecule has 4 unspecified atom stereocenters.